The summed E-state index contributed by atoms with van der Waals surface area (Å²) in [6.07, 6.45) is 1.46. The molecule has 1 aromatic rings. The number of rotatable bonds is 7. The van der Waals surface area contributed by atoms with Gasteiger partial charge in [0.15, 0.2) is 6.61 Å². The molecule has 0 fully saturated rings. The van der Waals surface area contributed by atoms with Gasteiger partial charge in [-0.05, 0) is 30.7 Å². The van der Waals surface area contributed by atoms with E-state index in [2.05, 4.69) is 16.6 Å². The van der Waals surface area contributed by atoms with Gasteiger partial charge in [-0.1, -0.05) is 6.08 Å². The van der Waals surface area contributed by atoms with Gasteiger partial charge < -0.3 is 10.1 Å². The van der Waals surface area contributed by atoms with Crippen molar-refractivity contribution in [2.45, 2.75) is 11.8 Å². The van der Waals surface area contributed by atoms with Gasteiger partial charge in [0.25, 0.3) is 5.91 Å². The summed E-state index contributed by atoms with van der Waals surface area (Å²) >= 11 is 0. The Labute approximate surface area is 118 Å². The number of hydrogen-bond donors (Lipinski definition) is 2. The molecule has 20 heavy (non-hydrogen) atoms. The number of nitrogens with one attached hydrogen (secondary N) is 2. The van der Waals surface area contributed by atoms with Gasteiger partial charge in [-0.3, -0.25) is 4.79 Å². The van der Waals surface area contributed by atoms with Gasteiger partial charge in [0.2, 0.25) is 10.0 Å². The predicted molar refractivity (Wildman–Crippen MR) is 76.1 cm³/mol. The maximum Gasteiger partial charge on any atom is 0.257 e. The molecule has 0 unspecified atom stereocenters. The molecule has 0 heterocycles. The van der Waals surface area contributed by atoms with E-state index >= 15 is 0 Å². The Morgan fingerprint density at radius 3 is 2.70 bits per heavy atom. The van der Waals surface area contributed by atoms with Gasteiger partial charge in [-0.15, -0.1) is 6.58 Å². The Kier molecular flexibility index (Phi) is 5.72. The van der Waals surface area contributed by atoms with E-state index in [9.17, 15) is 13.2 Å². The van der Waals surface area contributed by atoms with Crippen LogP contribution in [0.5, 0.6) is 5.75 Å². The Balaban J connectivity index is 2.87. The SMILES string of the molecule is C=CCNS(=O)(=O)c1ccc(OCC(=O)NC)c(C)c1. The maximum atomic E-state index is 11.9. The highest BCUT2D eigenvalue weighted by Crippen LogP contribution is 2.21. The minimum absolute atomic E-state index is 0.113. The van der Waals surface area contributed by atoms with Crippen molar-refractivity contribution in [3.63, 3.8) is 0 Å². The Morgan fingerprint density at radius 1 is 1.45 bits per heavy atom. The van der Waals surface area contributed by atoms with Crippen LogP contribution in [-0.2, 0) is 14.8 Å². The monoisotopic (exact) mass is 298 g/mol. The van der Waals surface area contributed by atoms with Gasteiger partial charge >= 0.3 is 0 Å². The number of ether oxygens (including phenoxy) is 1. The van der Waals surface area contributed by atoms with E-state index in [0.29, 0.717) is 11.3 Å². The van der Waals surface area contributed by atoms with Crippen molar-refractivity contribution < 1.29 is 17.9 Å². The second-order valence-electron chi connectivity index (χ2n) is 4.03. The summed E-state index contributed by atoms with van der Waals surface area (Å²) in [6.45, 7) is 5.22. The van der Waals surface area contributed by atoms with Crippen molar-refractivity contribution in [2.75, 3.05) is 20.2 Å². The average molecular weight is 298 g/mol. The highest BCUT2D eigenvalue weighted by molar-refractivity contribution is 7.89. The molecule has 6 nitrogen and oxygen atoms in total. The van der Waals surface area contributed by atoms with E-state index < -0.39 is 10.0 Å². The first-order chi connectivity index (χ1) is 9.40. The first kappa shape index (κ1) is 16.2. The molecule has 7 heteroatoms. The third-order valence-electron chi connectivity index (χ3n) is 2.51. The van der Waals surface area contributed by atoms with Crippen LogP contribution in [0.3, 0.4) is 0 Å². The van der Waals surface area contributed by atoms with E-state index in [0.717, 1.165) is 0 Å². The second-order valence-corrected chi connectivity index (χ2v) is 5.80. The highest BCUT2D eigenvalue weighted by atomic mass is 32.2. The number of sulfonamides is 1. The molecule has 1 rings (SSSR count). The molecule has 1 amide bonds. The maximum absolute atomic E-state index is 11.9. The zero-order chi connectivity index (χ0) is 15.2. The van der Waals surface area contributed by atoms with Crippen LogP contribution in [0, 0.1) is 6.92 Å². The largest absolute Gasteiger partial charge is 0.484 e. The Hall–Kier alpha value is -1.86. The van der Waals surface area contributed by atoms with Gasteiger partial charge in [0.05, 0.1) is 4.90 Å². The van der Waals surface area contributed by atoms with E-state index in [4.69, 9.17) is 4.74 Å². The van der Waals surface area contributed by atoms with E-state index in [1.807, 2.05) is 0 Å². The van der Waals surface area contributed by atoms with Crippen LogP contribution in [0.2, 0.25) is 0 Å². The van der Waals surface area contributed by atoms with Crippen LogP contribution in [0.4, 0.5) is 0 Å². The lowest BCUT2D eigenvalue weighted by atomic mass is 10.2. The van der Waals surface area contributed by atoms with Gasteiger partial charge in [-0.2, -0.15) is 0 Å². The Bertz CT molecular complexity index is 596. The van der Waals surface area contributed by atoms with Gasteiger partial charge in [-0.25, -0.2) is 13.1 Å². The lowest BCUT2D eigenvalue weighted by molar-refractivity contribution is -0.122. The van der Waals surface area contributed by atoms with Crippen molar-refractivity contribution in [3.05, 3.63) is 36.4 Å². The number of likely N-dealkylation sites (N-methyl/N-ethyl adjacent to an activating group) is 1. The molecule has 0 radical (unpaired) electrons. The van der Waals surface area contributed by atoms with Crippen LogP contribution >= 0.6 is 0 Å². The first-order valence-electron chi connectivity index (χ1n) is 5.95. The number of carbonyl (C=O) groups is 1. The third-order valence-corrected chi connectivity index (χ3v) is 3.93. The fraction of sp³-hybridized carbons (Fsp3) is 0.308. The molecular formula is C13H18N2O4S. The summed E-state index contributed by atoms with van der Waals surface area (Å²) in [4.78, 5) is 11.2. The van der Waals surface area contributed by atoms with Crippen molar-refractivity contribution in [1.29, 1.82) is 0 Å². The van der Waals surface area contributed by atoms with Crippen LogP contribution < -0.4 is 14.8 Å². The molecule has 0 atom stereocenters. The molecule has 0 aliphatic rings. The van der Waals surface area contributed by atoms with Gasteiger partial charge in [0.1, 0.15) is 5.75 Å². The predicted octanol–water partition coefficient (Wildman–Crippen LogP) is 0.584. The molecule has 0 bridgehead atoms. The second kappa shape index (κ2) is 7.06. The van der Waals surface area contributed by atoms with Crippen molar-refractivity contribution >= 4 is 15.9 Å². The van der Waals surface area contributed by atoms with Crippen LogP contribution in [-0.4, -0.2) is 34.5 Å². The summed E-state index contributed by atoms with van der Waals surface area (Å²) in [7, 11) is -2.04. The first-order valence-corrected chi connectivity index (χ1v) is 7.43. The smallest absolute Gasteiger partial charge is 0.257 e. The number of benzene rings is 1. The Morgan fingerprint density at radius 2 is 2.15 bits per heavy atom. The standard InChI is InChI=1S/C13H18N2O4S/c1-4-7-15-20(17,18)11-5-6-12(10(2)8-11)19-9-13(16)14-3/h4-6,8,15H,1,7,9H2,2-3H3,(H,14,16). The average Bonchev–Trinajstić information content (AvgIpc) is 2.43. The molecule has 2 N–H and O–H groups in total. The molecule has 0 spiro atoms. The zero-order valence-electron chi connectivity index (χ0n) is 11.5. The van der Waals surface area contributed by atoms with Crippen molar-refractivity contribution in [2.24, 2.45) is 0 Å². The summed E-state index contributed by atoms with van der Waals surface area (Å²) in [5, 5.41) is 2.43. The number of aryl methyl sites for hydroxylation is 1. The lowest BCUT2D eigenvalue weighted by Gasteiger charge is -2.10. The topological polar surface area (TPSA) is 84.5 Å². The van der Waals surface area contributed by atoms with Crippen LogP contribution in [0.15, 0.2) is 35.7 Å². The third kappa shape index (κ3) is 4.36. The molecule has 0 saturated carbocycles. The highest BCUT2D eigenvalue weighted by Gasteiger charge is 2.14. The number of amides is 1. The molecule has 0 aliphatic carbocycles. The molecule has 1 aromatic carbocycles. The summed E-state index contributed by atoms with van der Waals surface area (Å²) in [5.74, 6) is 0.213. The summed E-state index contributed by atoms with van der Waals surface area (Å²) < 4.78 is 31.5. The summed E-state index contributed by atoms with van der Waals surface area (Å²) in [6, 6.07) is 4.45. The molecule has 110 valence electrons. The van der Waals surface area contributed by atoms with E-state index in [-0.39, 0.29) is 24.0 Å². The molecule has 0 saturated heterocycles. The molecule has 0 aliphatic heterocycles. The van der Waals surface area contributed by atoms with E-state index in [1.165, 1.54) is 31.3 Å². The lowest BCUT2D eigenvalue weighted by Crippen LogP contribution is -2.25. The van der Waals surface area contributed by atoms with Crippen molar-refractivity contribution in [3.8, 4) is 5.75 Å². The van der Waals surface area contributed by atoms with Crippen LogP contribution in [0.25, 0.3) is 0 Å². The fourth-order valence-electron chi connectivity index (χ4n) is 1.42. The molecular weight excluding hydrogens is 280 g/mol. The number of carbonyl (C=O) groups excluding carboxylic acids is 1. The van der Waals surface area contributed by atoms with Gasteiger partial charge in [0, 0.05) is 13.6 Å². The van der Waals surface area contributed by atoms with E-state index in [1.54, 1.807) is 6.92 Å². The minimum atomic E-state index is -3.55. The molecule has 0 aromatic heterocycles. The zero-order valence-corrected chi connectivity index (χ0v) is 12.3. The normalized spacial score (nSPS) is 10.9. The van der Waals surface area contributed by atoms with Crippen molar-refractivity contribution in [1.82, 2.24) is 10.0 Å². The minimum Gasteiger partial charge on any atom is -0.484 e. The fourth-order valence-corrected chi connectivity index (χ4v) is 2.50. The van der Waals surface area contributed by atoms with Crippen LogP contribution in [0.1, 0.15) is 5.56 Å². The summed E-state index contributed by atoms with van der Waals surface area (Å²) in [5.41, 5.74) is 0.635. The number of hydrogen-bond acceptors (Lipinski definition) is 4. The quantitative estimate of drug-likeness (QED) is 0.721.